The van der Waals surface area contributed by atoms with Crippen molar-refractivity contribution in [1.29, 1.82) is 0 Å². The van der Waals surface area contributed by atoms with E-state index in [0.29, 0.717) is 58.2 Å². The number of hydrogen-bond acceptors (Lipinski definition) is 12. The number of hydrogen-bond donors (Lipinski definition) is 0. The second kappa shape index (κ2) is 14.2. The van der Waals surface area contributed by atoms with Crippen molar-refractivity contribution in [3.63, 3.8) is 0 Å². The molecule has 0 N–H and O–H groups in total. The largest absolute Gasteiger partial charge is 0.493 e. The summed E-state index contributed by atoms with van der Waals surface area (Å²) in [7, 11) is 15.9. The fourth-order valence-electron chi connectivity index (χ4n) is 8.85. The molecule has 0 aromatic heterocycles. The van der Waals surface area contributed by atoms with E-state index >= 15 is 0 Å². The Balaban J connectivity index is 1.25. The van der Waals surface area contributed by atoms with Crippen LogP contribution < -0.4 is 47.4 Å². The molecule has 2 atom stereocenters. The van der Waals surface area contributed by atoms with Gasteiger partial charge in [-0.3, -0.25) is 9.80 Å². The third-order valence-corrected chi connectivity index (χ3v) is 11.5. The number of nitrogens with zero attached hydrogens (tertiary/aromatic N) is 2. The van der Waals surface area contributed by atoms with Gasteiger partial charge in [0.15, 0.2) is 46.0 Å². The molecule has 0 radical (unpaired) electrons. The highest BCUT2D eigenvalue weighted by Gasteiger charge is 2.40. The van der Waals surface area contributed by atoms with Crippen molar-refractivity contribution >= 4 is 0 Å². The van der Waals surface area contributed by atoms with Crippen molar-refractivity contribution in [3.8, 4) is 74.4 Å². The Morgan fingerprint density at radius 1 is 0.611 bits per heavy atom. The molecular weight excluding hydrogens is 692 g/mol. The zero-order chi connectivity index (χ0) is 37.8. The summed E-state index contributed by atoms with van der Waals surface area (Å²) in [5.41, 5.74) is 8.70. The van der Waals surface area contributed by atoms with Crippen molar-refractivity contribution in [2.24, 2.45) is 0 Å². The third-order valence-electron chi connectivity index (χ3n) is 11.5. The van der Waals surface area contributed by atoms with Gasteiger partial charge in [0.25, 0.3) is 0 Å². The monoisotopic (exact) mass is 740 g/mol. The molecule has 0 bridgehead atoms. The SMILES string of the molecule is COc1cc(CC2c3cc(OC)c4c(c3CCN2C)OCO4)c(Oc2cc3c(cc2OC)-c2c(OC)c(OC)c(OC)c4c2C(C3)N(C)CC4)cc1OC. The fourth-order valence-corrected chi connectivity index (χ4v) is 8.85. The first kappa shape index (κ1) is 35.8. The number of rotatable bonds is 11. The molecule has 12 heteroatoms. The van der Waals surface area contributed by atoms with Crippen molar-refractivity contribution in [3.05, 3.63) is 63.7 Å². The Morgan fingerprint density at radius 3 is 1.96 bits per heavy atom. The molecule has 2 unspecified atom stereocenters. The van der Waals surface area contributed by atoms with Gasteiger partial charge in [0.1, 0.15) is 5.75 Å². The van der Waals surface area contributed by atoms with Crippen LogP contribution in [0.5, 0.6) is 63.2 Å². The summed E-state index contributed by atoms with van der Waals surface area (Å²) in [5, 5.41) is 0. The van der Waals surface area contributed by atoms with Gasteiger partial charge in [0.05, 0.1) is 49.8 Å². The lowest BCUT2D eigenvalue weighted by Crippen LogP contribution is -2.36. The zero-order valence-corrected chi connectivity index (χ0v) is 32.5. The molecule has 0 spiro atoms. The van der Waals surface area contributed by atoms with Gasteiger partial charge in [-0.2, -0.15) is 0 Å². The van der Waals surface area contributed by atoms with Crippen LogP contribution in [0.25, 0.3) is 11.1 Å². The van der Waals surface area contributed by atoms with E-state index in [9.17, 15) is 0 Å². The normalized spacial score (nSPS) is 18.2. The summed E-state index contributed by atoms with van der Waals surface area (Å²) in [5.74, 6) is 7.06. The van der Waals surface area contributed by atoms with Crippen LogP contribution in [-0.2, 0) is 25.7 Å². The molecule has 0 fully saturated rings. The van der Waals surface area contributed by atoms with Crippen LogP contribution >= 0.6 is 0 Å². The maximum Gasteiger partial charge on any atom is 0.231 e. The average Bonchev–Trinajstić information content (AvgIpc) is 3.69. The minimum absolute atomic E-state index is 0.0185. The molecule has 12 nitrogen and oxygen atoms in total. The highest BCUT2D eigenvalue weighted by Crippen LogP contribution is 2.58. The summed E-state index contributed by atoms with van der Waals surface area (Å²) >= 11 is 0. The van der Waals surface area contributed by atoms with Gasteiger partial charge in [-0.15, -0.1) is 0 Å². The van der Waals surface area contributed by atoms with E-state index in [1.807, 2.05) is 12.1 Å². The van der Waals surface area contributed by atoms with Gasteiger partial charge in [-0.25, -0.2) is 0 Å². The fraction of sp³-hybridized carbons (Fsp3) is 0.429. The molecule has 0 saturated carbocycles. The lowest BCUT2D eigenvalue weighted by Gasteiger charge is -2.41. The van der Waals surface area contributed by atoms with Crippen molar-refractivity contribution in [2.45, 2.75) is 37.8 Å². The topological polar surface area (TPSA) is 98.8 Å². The highest BCUT2D eigenvalue weighted by atomic mass is 16.7. The average molecular weight is 741 g/mol. The van der Waals surface area contributed by atoms with Gasteiger partial charge in [-0.1, -0.05) is 0 Å². The molecule has 3 aliphatic heterocycles. The Kier molecular flexibility index (Phi) is 9.43. The Labute approximate surface area is 316 Å². The lowest BCUT2D eigenvalue weighted by atomic mass is 9.76. The summed E-state index contributed by atoms with van der Waals surface area (Å²) in [6.07, 6.45) is 3.05. The van der Waals surface area contributed by atoms with E-state index in [4.69, 9.17) is 47.4 Å². The summed E-state index contributed by atoms with van der Waals surface area (Å²) in [6.45, 7) is 1.91. The first-order valence-electron chi connectivity index (χ1n) is 18.2. The van der Waals surface area contributed by atoms with Gasteiger partial charge in [0.2, 0.25) is 18.3 Å². The zero-order valence-electron chi connectivity index (χ0n) is 32.5. The molecular formula is C42H48N2O10. The van der Waals surface area contributed by atoms with Crippen LogP contribution in [0.3, 0.4) is 0 Å². The Bertz CT molecular complexity index is 2120. The van der Waals surface area contributed by atoms with E-state index < -0.39 is 0 Å². The number of likely N-dealkylation sites (N-methyl/N-ethyl adjacent to an activating group) is 2. The van der Waals surface area contributed by atoms with Crippen LogP contribution in [0.2, 0.25) is 0 Å². The molecule has 286 valence electrons. The number of fused-ring (bicyclic) bond motifs is 5. The molecule has 1 aliphatic carbocycles. The molecule has 4 aliphatic rings. The van der Waals surface area contributed by atoms with E-state index in [1.165, 1.54) is 5.56 Å². The molecule has 4 aromatic rings. The maximum absolute atomic E-state index is 6.94. The van der Waals surface area contributed by atoms with Crippen LogP contribution in [0.15, 0.2) is 30.3 Å². The number of benzene rings is 4. The molecule has 0 amide bonds. The summed E-state index contributed by atoms with van der Waals surface area (Å²) in [4.78, 5) is 4.75. The molecule has 0 saturated heterocycles. The second-order valence-electron chi connectivity index (χ2n) is 14.1. The van der Waals surface area contributed by atoms with E-state index in [2.05, 4.69) is 42.1 Å². The first-order chi connectivity index (χ1) is 26.3. The number of methoxy groups -OCH3 is 7. The van der Waals surface area contributed by atoms with Gasteiger partial charge in [0, 0.05) is 53.5 Å². The Morgan fingerprint density at radius 2 is 1.26 bits per heavy atom. The highest BCUT2D eigenvalue weighted by molar-refractivity contribution is 5.87. The maximum atomic E-state index is 6.94. The summed E-state index contributed by atoms with van der Waals surface area (Å²) in [6, 6.07) is 10.2. The van der Waals surface area contributed by atoms with Gasteiger partial charge in [-0.05, 0) is 86.3 Å². The minimum atomic E-state index is -0.0185. The van der Waals surface area contributed by atoms with E-state index in [1.54, 1.807) is 49.8 Å². The lowest BCUT2D eigenvalue weighted by molar-refractivity contribution is 0.169. The van der Waals surface area contributed by atoms with Crippen molar-refractivity contribution < 1.29 is 47.4 Å². The Hall–Kier alpha value is -5.20. The quantitative estimate of drug-likeness (QED) is 0.162. The predicted octanol–water partition coefficient (Wildman–Crippen LogP) is 6.79. The van der Waals surface area contributed by atoms with E-state index in [-0.39, 0.29) is 18.9 Å². The van der Waals surface area contributed by atoms with Crippen LogP contribution in [0, 0.1) is 0 Å². The van der Waals surface area contributed by atoms with E-state index in [0.717, 1.165) is 82.8 Å². The van der Waals surface area contributed by atoms with Crippen LogP contribution in [0.4, 0.5) is 0 Å². The molecule has 4 aromatic carbocycles. The van der Waals surface area contributed by atoms with Crippen molar-refractivity contribution in [2.75, 3.05) is 83.7 Å². The molecule has 3 heterocycles. The van der Waals surface area contributed by atoms with Crippen LogP contribution in [-0.4, -0.2) is 93.5 Å². The van der Waals surface area contributed by atoms with Gasteiger partial charge >= 0.3 is 0 Å². The van der Waals surface area contributed by atoms with Crippen LogP contribution in [0.1, 0.15) is 45.5 Å². The predicted molar refractivity (Wildman–Crippen MR) is 202 cm³/mol. The van der Waals surface area contributed by atoms with Crippen molar-refractivity contribution in [1.82, 2.24) is 9.80 Å². The van der Waals surface area contributed by atoms with Gasteiger partial charge < -0.3 is 47.4 Å². The molecule has 54 heavy (non-hydrogen) atoms. The molecule has 8 rings (SSSR count). The number of ether oxygens (including phenoxy) is 10. The first-order valence-corrected chi connectivity index (χ1v) is 18.2. The standard InChI is InChI=1S/C42H48N2O10/c1-43-12-10-24-27(19-35(48-6)40-39(24)52-21-53-40)28(43)15-23-17-31(45-3)33(47-5)20-30(23)54-34-16-22-14-29-36-25(11-13-44(29)2)38(49-7)42(51-9)41(50-8)37(36)26(22)18-32(34)46-4/h16-20,28-29H,10-15,21H2,1-9H3. The third kappa shape index (κ3) is 5.57. The summed E-state index contributed by atoms with van der Waals surface area (Å²) < 4.78 is 60.2. The second-order valence-corrected chi connectivity index (χ2v) is 14.1. The minimum Gasteiger partial charge on any atom is -0.493 e. The smallest absolute Gasteiger partial charge is 0.231 e.